The molecule has 1 aromatic rings. The summed E-state index contributed by atoms with van der Waals surface area (Å²) >= 11 is 0. The monoisotopic (exact) mass is 321 g/mol. The Morgan fingerprint density at radius 2 is 2.05 bits per heavy atom. The number of hydrogen-bond donors (Lipinski definition) is 2. The van der Waals surface area contributed by atoms with Crippen molar-refractivity contribution in [3.8, 4) is 6.07 Å². The van der Waals surface area contributed by atoms with Crippen LogP contribution in [0.3, 0.4) is 0 Å². The van der Waals surface area contributed by atoms with E-state index in [4.69, 9.17) is 10.4 Å². The normalized spacial score (nSPS) is 16.3. The van der Waals surface area contributed by atoms with E-state index in [0.717, 1.165) is 5.57 Å². The molecule has 1 aliphatic rings. The van der Waals surface area contributed by atoms with Gasteiger partial charge in [0.2, 0.25) is 10.0 Å². The van der Waals surface area contributed by atoms with Crippen molar-refractivity contribution < 1.29 is 13.5 Å². The van der Waals surface area contributed by atoms with Gasteiger partial charge in [0, 0.05) is 19.6 Å². The number of rotatable bonds is 5. The highest BCUT2D eigenvalue weighted by Crippen LogP contribution is 2.28. The molecule has 1 heterocycles. The maximum Gasteiger partial charge on any atom is 0.245 e. The van der Waals surface area contributed by atoms with Crippen molar-refractivity contribution in [3.63, 3.8) is 0 Å². The van der Waals surface area contributed by atoms with E-state index in [-0.39, 0.29) is 18.0 Å². The number of sulfonamides is 1. The fraction of sp³-hybridized carbons (Fsp3) is 0.400. The average Bonchev–Trinajstić information content (AvgIpc) is 2.53. The number of aliphatic hydroxyl groups is 1. The number of anilines is 1. The molecule has 0 spiro atoms. The highest BCUT2D eigenvalue weighted by atomic mass is 32.2. The lowest BCUT2D eigenvalue weighted by Crippen LogP contribution is -2.36. The molecule has 0 aromatic heterocycles. The van der Waals surface area contributed by atoms with Gasteiger partial charge in [-0.3, -0.25) is 0 Å². The van der Waals surface area contributed by atoms with Gasteiger partial charge in [-0.15, -0.1) is 0 Å². The second-order valence-electron chi connectivity index (χ2n) is 5.13. The smallest absolute Gasteiger partial charge is 0.245 e. The molecule has 1 fully saturated rings. The third-order valence-corrected chi connectivity index (χ3v) is 5.54. The molecule has 0 amide bonds. The maximum atomic E-state index is 12.8. The van der Waals surface area contributed by atoms with Crippen LogP contribution in [0.15, 0.2) is 35.2 Å². The molecule has 6 nitrogen and oxygen atoms in total. The van der Waals surface area contributed by atoms with Crippen LogP contribution in [0.4, 0.5) is 5.69 Å². The fourth-order valence-electron chi connectivity index (χ4n) is 2.34. The van der Waals surface area contributed by atoms with Gasteiger partial charge in [-0.2, -0.15) is 9.57 Å². The lowest BCUT2D eigenvalue weighted by Gasteiger charge is -2.28. The van der Waals surface area contributed by atoms with Crippen molar-refractivity contribution in [1.82, 2.24) is 4.31 Å². The summed E-state index contributed by atoms with van der Waals surface area (Å²) in [5, 5.41) is 20.8. The van der Waals surface area contributed by atoms with Crippen molar-refractivity contribution in [2.75, 3.05) is 31.6 Å². The highest BCUT2D eigenvalue weighted by molar-refractivity contribution is 7.89. The quantitative estimate of drug-likeness (QED) is 0.797. The van der Waals surface area contributed by atoms with Crippen molar-refractivity contribution in [2.45, 2.75) is 17.7 Å². The van der Waals surface area contributed by atoms with Crippen LogP contribution in [-0.2, 0) is 10.0 Å². The zero-order valence-corrected chi connectivity index (χ0v) is 13.1. The summed E-state index contributed by atoms with van der Waals surface area (Å²) in [6, 6.07) is 6.40. The summed E-state index contributed by atoms with van der Waals surface area (Å²) in [4.78, 5) is 0.132. The van der Waals surface area contributed by atoms with E-state index < -0.39 is 10.0 Å². The lowest BCUT2D eigenvalue weighted by atomic mass is 10.1. The molecule has 0 saturated carbocycles. The molecule has 7 heteroatoms. The molecule has 2 rings (SSSR count). The number of nitrogens with zero attached hydrogens (tertiary/aromatic N) is 2. The zero-order chi connectivity index (χ0) is 16.2. The second kappa shape index (κ2) is 6.92. The Hall–Kier alpha value is -1.88. The Labute approximate surface area is 130 Å². The molecule has 1 saturated heterocycles. The highest BCUT2D eigenvalue weighted by Gasteiger charge is 2.29. The minimum atomic E-state index is -3.63. The van der Waals surface area contributed by atoms with Gasteiger partial charge in [0.1, 0.15) is 4.90 Å². The SMILES string of the molecule is C=C1CCN(S(=O)(=O)c2ccc(C#N)cc2NCCO)CC1. The molecule has 22 heavy (non-hydrogen) atoms. The summed E-state index contributed by atoms with van der Waals surface area (Å²) in [5.41, 5.74) is 1.77. The number of piperidine rings is 1. The van der Waals surface area contributed by atoms with Crippen LogP contribution in [0.25, 0.3) is 0 Å². The van der Waals surface area contributed by atoms with Crippen molar-refractivity contribution in [1.29, 1.82) is 5.26 Å². The third kappa shape index (κ3) is 3.47. The van der Waals surface area contributed by atoms with E-state index in [0.29, 0.717) is 37.2 Å². The van der Waals surface area contributed by atoms with Gasteiger partial charge in [0.25, 0.3) is 0 Å². The fourth-order valence-corrected chi connectivity index (χ4v) is 3.93. The van der Waals surface area contributed by atoms with Crippen LogP contribution in [0.1, 0.15) is 18.4 Å². The Balaban J connectivity index is 2.37. The molecular weight excluding hydrogens is 302 g/mol. The van der Waals surface area contributed by atoms with Crippen LogP contribution < -0.4 is 5.32 Å². The molecule has 1 aliphatic heterocycles. The Kier molecular flexibility index (Phi) is 5.19. The zero-order valence-electron chi connectivity index (χ0n) is 12.2. The van der Waals surface area contributed by atoms with Crippen molar-refractivity contribution in [2.24, 2.45) is 0 Å². The van der Waals surface area contributed by atoms with E-state index in [1.165, 1.54) is 22.5 Å². The molecule has 1 aromatic carbocycles. The summed E-state index contributed by atoms with van der Waals surface area (Å²) in [6.07, 6.45) is 1.32. The Morgan fingerprint density at radius 3 is 2.64 bits per heavy atom. The standard InChI is InChI=1S/C15H19N3O3S/c1-12-4-7-18(8-5-12)22(20,21)15-3-2-13(11-16)10-14(15)17-6-9-19/h2-3,10,17,19H,1,4-9H2. The van der Waals surface area contributed by atoms with Gasteiger partial charge in [0.05, 0.1) is 23.9 Å². The second-order valence-corrected chi connectivity index (χ2v) is 7.03. The third-order valence-electron chi connectivity index (χ3n) is 3.58. The number of hydrogen-bond acceptors (Lipinski definition) is 5. The van der Waals surface area contributed by atoms with Gasteiger partial charge in [-0.25, -0.2) is 8.42 Å². The van der Waals surface area contributed by atoms with Gasteiger partial charge >= 0.3 is 0 Å². The van der Waals surface area contributed by atoms with Crippen molar-refractivity contribution in [3.05, 3.63) is 35.9 Å². The minimum Gasteiger partial charge on any atom is -0.395 e. The summed E-state index contributed by atoms with van der Waals surface area (Å²) < 4.78 is 27.0. The first-order chi connectivity index (χ1) is 10.5. The Bertz CT molecular complexity index is 697. The van der Waals surface area contributed by atoms with Gasteiger partial charge in [-0.1, -0.05) is 12.2 Å². The van der Waals surface area contributed by atoms with E-state index in [9.17, 15) is 8.42 Å². The maximum absolute atomic E-state index is 12.8. The predicted octanol–water partition coefficient (Wildman–Crippen LogP) is 1.30. The number of benzene rings is 1. The number of nitrogens with one attached hydrogen (secondary N) is 1. The van der Waals surface area contributed by atoms with E-state index in [1.54, 1.807) is 0 Å². The van der Waals surface area contributed by atoms with Crippen LogP contribution in [0.2, 0.25) is 0 Å². The van der Waals surface area contributed by atoms with Crippen LogP contribution in [0.5, 0.6) is 0 Å². The van der Waals surface area contributed by atoms with Gasteiger partial charge in [0.15, 0.2) is 0 Å². The molecule has 0 radical (unpaired) electrons. The molecular formula is C15H19N3O3S. The topological polar surface area (TPSA) is 93.4 Å². The van der Waals surface area contributed by atoms with Crippen molar-refractivity contribution >= 4 is 15.7 Å². The number of aliphatic hydroxyl groups excluding tert-OH is 1. The molecule has 0 unspecified atom stereocenters. The van der Waals surface area contributed by atoms with Crippen LogP contribution in [-0.4, -0.2) is 44.1 Å². The lowest BCUT2D eigenvalue weighted by molar-refractivity contribution is 0.311. The summed E-state index contributed by atoms with van der Waals surface area (Å²) in [7, 11) is -3.63. The summed E-state index contributed by atoms with van der Waals surface area (Å²) in [6.45, 7) is 4.81. The van der Waals surface area contributed by atoms with Crippen LogP contribution >= 0.6 is 0 Å². The first-order valence-corrected chi connectivity index (χ1v) is 8.48. The molecule has 0 atom stereocenters. The molecule has 0 bridgehead atoms. The van der Waals surface area contributed by atoms with E-state index in [2.05, 4.69) is 11.9 Å². The first-order valence-electron chi connectivity index (χ1n) is 7.04. The molecule has 118 valence electrons. The molecule has 0 aliphatic carbocycles. The largest absolute Gasteiger partial charge is 0.395 e. The molecule has 2 N–H and O–H groups in total. The van der Waals surface area contributed by atoms with Gasteiger partial charge < -0.3 is 10.4 Å². The Morgan fingerprint density at radius 1 is 1.36 bits per heavy atom. The number of nitriles is 1. The average molecular weight is 321 g/mol. The van der Waals surface area contributed by atoms with E-state index in [1.807, 2.05) is 6.07 Å². The summed E-state index contributed by atoms with van der Waals surface area (Å²) in [5.74, 6) is 0. The minimum absolute atomic E-state index is 0.125. The predicted molar refractivity (Wildman–Crippen MR) is 83.9 cm³/mol. The van der Waals surface area contributed by atoms with E-state index >= 15 is 0 Å². The first kappa shape index (κ1) is 16.5. The van der Waals surface area contributed by atoms with Crippen LogP contribution in [0, 0.1) is 11.3 Å². The van der Waals surface area contributed by atoms with Gasteiger partial charge in [-0.05, 0) is 31.0 Å².